The van der Waals surface area contributed by atoms with E-state index in [2.05, 4.69) is 10.4 Å². The zero-order valence-electron chi connectivity index (χ0n) is 13.6. The standard InChI is InChI=1S/C18H22N2O2S/c1-13-12-23-18(19-13)15-8-5-6-10-20(15)17(21)11-14-7-3-4-9-16(14)22-2/h3-4,7,9,12,15H,5-6,8,10-11H2,1-2H3/t15-/m0/s1. The molecule has 0 aliphatic carbocycles. The maximum atomic E-state index is 12.9. The summed E-state index contributed by atoms with van der Waals surface area (Å²) in [6.07, 6.45) is 3.61. The van der Waals surface area contributed by atoms with Crippen molar-refractivity contribution in [1.29, 1.82) is 0 Å². The molecule has 0 unspecified atom stereocenters. The molecular weight excluding hydrogens is 308 g/mol. The number of rotatable bonds is 4. The van der Waals surface area contributed by atoms with E-state index in [1.807, 2.05) is 36.1 Å². The number of carbonyl (C=O) groups excluding carboxylic acids is 1. The first kappa shape index (κ1) is 16.0. The summed E-state index contributed by atoms with van der Waals surface area (Å²) in [6, 6.07) is 7.87. The molecule has 3 rings (SSSR count). The highest BCUT2D eigenvalue weighted by Gasteiger charge is 2.30. The Labute approximate surface area is 141 Å². The maximum absolute atomic E-state index is 12.9. The normalized spacial score (nSPS) is 18.0. The third-order valence-electron chi connectivity index (χ3n) is 4.28. The summed E-state index contributed by atoms with van der Waals surface area (Å²) in [5.41, 5.74) is 1.98. The molecule has 1 aliphatic heterocycles. The Balaban J connectivity index is 1.79. The van der Waals surface area contributed by atoms with E-state index >= 15 is 0 Å². The zero-order chi connectivity index (χ0) is 16.2. The van der Waals surface area contributed by atoms with E-state index in [9.17, 15) is 4.79 Å². The van der Waals surface area contributed by atoms with E-state index in [1.165, 1.54) is 0 Å². The van der Waals surface area contributed by atoms with Crippen molar-refractivity contribution < 1.29 is 9.53 Å². The van der Waals surface area contributed by atoms with Gasteiger partial charge in [0, 0.05) is 23.2 Å². The Morgan fingerprint density at radius 3 is 2.96 bits per heavy atom. The van der Waals surface area contributed by atoms with Gasteiger partial charge in [0.1, 0.15) is 10.8 Å². The molecule has 1 amide bonds. The topological polar surface area (TPSA) is 42.4 Å². The van der Waals surface area contributed by atoms with E-state index in [-0.39, 0.29) is 11.9 Å². The smallest absolute Gasteiger partial charge is 0.227 e. The summed E-state index contributed by atoms with van der Waals surface area (Å²) in [4.78, 5) is 19.5. The minimum absolute atomic E-state index is 0.129. The van der Waals surface area contributed by atoms with Gasteiger partial charge in [-0.2, -0.15) is 0 Å². The lowest BCUT2D eigenvalue weighted by Crippen LogP contribution is -2.39. The average Bonchev–Trinajstić information content (AvgIpc) is 3.01. The van der Waals surface area contributed by atoms with Crippen LogP contribution in [0.5, 0.6) is 5.75 Å². The number of carbonyl (C=O) groups is 1. The number of para-hydroxylation sites is 1. The van der Waals surface area contributed by atoms with Gasteiger partial charge >= 0.3 is 0 Å². The van der Waals surface area contributed by atoms with Gasteiger partial charge in [-0.15, -0.1) is 11.3 Å². The fourth-order valence-electron chi connectivity index (χ4n) is 3.13. The summed E-state index contributed by atoms with van der Waals surface area (Å²) in [5.74, 6) is 0.937. The van der Waals surface area contributed by atoms with Crippen LogP contribution in [0.15, 0.2) is 29.6 Å². The second-order valence-electron chi connectivity index (χ2n) is 5.91. The van der Waals surface area contributed by atoms with Crippen LogP contribution < -0.4 is 4.74 Å². The molecule has 0 saturated carbocycles. The molecule has 0 radical (unpaired) electrons. The van der Waals surface area contributed by atoms with Crippen molar-refractivity contribution >= 4 is 17.2 Å². The molecule has 0 N–H and O–H groups in total. The van der Waals surface area contributed by atoms with Crippen LogP contribution in [0.2, 0.25) is 0 Å². The summed E-state index contributed by atoms with van der Waals surface area (Å²) in [6.45, 7) is 2.82. The number of aryl methyl sites for hydroxylation is 1. The summed E-state index contributed by atoms with van der Waals surface area (Å²) in [7, 11) is 1.64. The van der Waals surface area contributed by atoms with E-state index < -0.39 is 0 Å². The number of piperidine rings is 1. The molecule has 1 aliphatic rings. The quantitative estimate of drug-likeness (QED) is 0.857. The van der Waals surface area contributed by atoms with Gasteiger partial charge in [-0.3, -0.25) is 4.79 Å². The van der Waals surface area contributed by atoms with Crippen molar-refractivity contribution in [2.45, 2.75) is 38.6 Å². The molecule has 23 heavy (non-hydrogen) atoms. The summed E-state index contributed by atoms with van der Waals surface area (Å²) >= 11 is 1.66. The fourth-order valence-corrected chi connectivity index (χ4v) is 4.07. The fraction of sp³-hybridized carbons (Fsp3) is 0.444. The van der Waals surface area contributed by atoms with E-state index in [0.29, 0.717) is 6.42 Å². The van der Waals surface area contributed by atoms with Gasteiger partial charge in [-0.25, -0.2) is 4.98 Å². The number of methoxy groups -OCH3 is 1. The molecule has 2 heterocycles. The van der Waals surface area contributed by atoms with Crippen LogP contribution in [0, 0.1) is 6.92 Å². The Hall–Kier alpha value is -1.88. The third-order valence-corrected chi connectivity index (χ3v) is 5.34. The van der Waals surface area contributed by atoms with Crippen molar-refractivity contribution in [3.8, 4) is 5.75 Å². The first-order chi connectivity index (χ1) is 11.2. The Morgan fingerprint density at radius 2 is 2.22 bits per heavy atom. The lowest BCUT2D eigenvalue weighted by molar-refractivity contribution is -0.134. The molecular formula is C18H22N2O2S. The van der Waals surface area contributed by atoms with Gasteiger partial charge in [-0.05, 0) is 32.3 Å². The molecule has 1 aromatic carbocycles. The van der Waals surface area contributed by atoms with Crippen molar-refractivity contribution in [2.24, 2.45) is 0 Å². The number of ether oxygens (including phenoxy) is 1. The van der Waals surface area contributed by atoms with E-state index in [4.69, 9.17) is 4.74 Å². The molecule has 0 bridgehead atoms. The van der Waals surface area contributed by atoms with Crippen LogP contribution in [-0.4, -0.2) is 29.4 Å². The van der Waals surface area contributed by atoms with Gasteiger partial charge in [-0.1, -0.05) is 18.2 Å². The minimum Gasteiger partial charge on any atom is -0.496 e. The predicted molar refractivity (Wildman–Crippen MR) is 91.9 cm³/mol. The molecule has 122 valence electrons. The van der Waals surface area contributed by atoms with Crippen molar-refractivity contribution in [1.82, 2.24) is 9.88 Å². The third kappa shape index (κ3) is 3.55. The summed E-state index contributed by atoms with van der Waals surface area (Å²) < 4.78 is 5.37. The number of benzene rings is 1. The van der Waals surface area contributed by atoms with E-state index in [1.54, 1.807) is 18.4 Å². The Morgan fingerprint density at radius 1 is 1.39 bits per heavy atom. The largest absolute Gasteiger partial charge is 0.496 e. The molecule has 2 aromatic rings. The van der Waals surface area contributed by atoms with Crippen LogP contribution in [0.1, 0.15) is 41.6 Å². The number of aromatic nitrogens is 1. The molecule has 1 saturated heterocycles. The molecule has 4 nitrogen and oxygen atoms in total. The minimum atomic E-state index is 0.129. The molecule has 1 fully saturated rings. The number of likely N-dealkylation sites (tertiary alicyclic amines) is 1. The van der Waals surface area contributed by atoms with Crippen LogP contribution in [0.25, 0.3) is 0 Å². The Kier molecular flexibility index (Phi) is 4.96. The Bertz CT molecular complexity index is 683. The first-order valence-electron chi connectivity index (χ1n) is 8.02. The number of hydrogen-bond donors (Lipinski definition) is 0. The predicted octanol–water partition coefficient (Wildman–Crippen LogP) is 3.76. The lowest BCUT2D eigenvalue weighted by atomic mass is 10.0. The maximum Gasteiger partial charge on any atom is 0.227 e. The van der Waals surface area contributed by atoms with Crippen LogP contribution >= 0.6 is 11.3 Å². The number of nitrogens with zero attached hydrogens (tertiary/aromatic N) is 2. The van der Waals surface area contributed by atoms with Crippen LogP contribution in [0.4, 0.5) is 0 Å². The first-order valence-corrected chi connectivity index (χ1v) is 8.90. The van der Waals surface area contributed by atoms with Gasteiger partial charge in [0.05, 0.1) is 19.6 Å². The van der Waals surface area contributed by atoms with Crippen molar-refractivity contribution in [2.75, 3.05) is 13.7 Å². The zero-order valence-corrected chi connectivity index (χ0v) is 14.4. The number of amides is 1. The van der Waals surface area contributed by atoms with Crippen LogP contribution in [0.3, 0.4) is 0 Å². The second kappa shape index (κ2) is 7.13. The SMILES string of the molecule is COc1ccccc1CC(=O)N1CCCC[C@H]1c1nc(C)cs1. The molecule has 0 spiro atoms. The van der Waals surface area contributed by atoms with Gasteiger partial charge in [0.25, 0.3) is 0 Å². The summed E-state index contributed by atoms with van der Waals surface area (Å²) in [5, 5.41) is 3.13. The van der Waals surface area contributed by atoms with Gasteiger partial charge < -0.3 is 9.64 Å². The number of thiazole rings is 1. The molecule has 1 aromatic heterocycles. The average molecular weight is 330 g/mol. The van der Waals surface area contributed by atoms with Gasteiger partial charge in [0.15, 0.2) is 0 Å². The highest BCUT2D eigenvalue weighted by molar-refractivity contribution is 7.09. The monoisotopic (exact) mass is 330 g/mol. The van der Waals surface area contributed by atoms with E-state index in [0.717, 1.165) is 47.8 Å². The number of hydrogen-bond acceptors (Lipinski definition) is 4. The van der Waals surface area contributed by atoms with Crippen molar-refractivity contribution in [3.05, 3.63) is 45.9 Å². The highest BCUT2D eigenvalue weighted by atomic mass is 32.1. The lowest BCUT2D eigenvalue weighted by Gasteiger charge is -2.34. The second-order valence-corrected chi connectivity index (χ2v) is 6.80. The van der Waals surface area contributed by atoms with Crippen LogP contribution in [-0.2, 0) is 11.2 Å². The van der Waals surface area contributed by atoms with Crippen molar-refractivity contribution in [3.63, 3.8) is 0 Å². The van der Waals surface area contributed by atoms with Gasteiger partial charge in [0.2, 0.25) is 5.91 Å². The highest BCUT2D eigenvalue weighted by Crippen LogP contribution is 2.33. The molecule has 1 atom stereocenters. The molecule has 5 heteroatoms.